The van der Waals surface area contributed by atoms with Crippen LogP contribution in [-0.2, 0) is 4.79 Å². The quantitative estimate of drug-likeness (QED) is 0.577. The summed E-state index contributed by atoms with van der Waals surface area (Å²) in [7, 11) is 0. The zero-order valence-electron chi connectivity index (χ0n) is 6.36. The first-order valence-electron chi connectivity index (χ1n) is 4.18. The maximum absolute atomic E-state index is 10.8. The molecule has 0 aromatic rings. The molecule has 0 spiro atoms. The molecule has 11 heavy (non-hydrogen) atoms. The normalized spacial score (nSPS) is 48.1. The summed E-state index contributed by atoms with van der Waals surface area (Å²) >= 11 is 0. The summed E-state index contributed by atoms with van der Waals surface area (Å²) in [5, 5.41) is 8.86. The van der Waals surface area contributed by atoms with E-state index in [4.69, 9.17) is 10.8 Å². The van der Waals surface area contributed by atoms with Gasteiger partial charge in [-0.2, -0.15) is 0 Å². The van der Waals surface area contributed by atoms with Gasteiger partial charge in [0, 0.05) is 6.04 Å². The predicted molar refractivity (Wildman–Crippen MR) is 39.9 cm³/mol. The second-order valence-electron chi connectivity index (χ2n) is 3.76. The molecule has 3 nitrogen and oxygen atoms in total. The van der Waals surface area contributed by atoms with Crippen LogP contribution in [0.25, 0.3) is 0 Å². The molecule has 0 heterocycles. The fraction of sp³-hybridized carbons (Fsp3) is 0.875. The van der Waals surface area contributed by atoms with Crippen LogP contribution in [0.2, 0.25) is 0 Å². The van der Waals surface area contributed by atoms with Crippen molar-refractivity contribution in [3.8, 4) is 0 Å². The summed E-state index contributed by atoms with van der Waals surface area (Å²) in [6.07, 6.45) is 3.04. The Labute approximate surface area is 65.6 Å². The molecule has 0 saturated heterocycles. The number of carbonyl (C=O) groups is 1. The maximum atomic E-state index is 10.8. The Morgan fingerprint density at radius 1 is 1.45 bits per heavy atom. The standard InChI is InChI=1S/C8H13NO2/c9-6-3-4-1-2-5(6)7(4)8(10)11/h4-7H,1-3,9H2,(H,10,11)/t4-,5+,6-,7-/m1/s1. The molecule has 0 unspecified atom stereocenters. The molecule has 2 bridgehead atoms. The van der Waals surface area contributed by atoms with Crippen LogP contribution in [0.3, 0.4) is 0 Å². The molecule has 2 rings (SSSR count). The Bertz CT molecular complexity index is 193. The van der Waals surface area contributed by atoms with Gasteiger partial charge in [0.2, 0.25) is 0 Å². The Morgan fingerprint density at radius 3 is 2.45 bits per heavy atom. The van der Waals surface area contributed by atoms with Crippen LogP contribution in [0.4, 0.5) is 0 Å². The second kappa shape index (κ2) is 2.21. The third-order valence-electron chi connectivity index (χ3n) is 3.25. The Kier molecular flexibility index (Phi) is 1.42. The van der Waals surface area contributed by atoms with Gasteiger partial charge in [-0.15, -0.1) is 0 Å². The predicted octanol–water partition coefficient (Wildman–Crippen LogP) is 0.444. The largest absolute Gasteiger partial charge is 0.481 e. The molecule has 3 heteroatoms. The van der Waals surface area contributed by atoms with Crippen LogP contribution in [0, 0.1) is 17.8 Å². The minimum absolute atomic E-state index is 0.120. The summed E-state index contributed by atoms with van der Waals surface area (Å²) in [5.41, 5.74) is 5.78. The van der Waals surface area contributed by atoms with Gasteiger partial charge in [-0.05, 0) is 31.1 Å². The molecule has 0 amide bonds. The lowest BCUT2D eigenvalue weighted by Crippen LogP contribution is -2.29. The van der Waals surface area contributed by atoms with Crippen LogP contribution < -0.4 is 5.73 Å². The van der Waals surface area contributed by atoms with E-state index in [0.29, 0.717) is 5.92 Å². The van der Waals surface area contributed by atoms with Gasteiger partial charge in [0.25, 0.3) is 0 Å². The van der Waals surface area contributed by atoms with Crippen molar-refractivity contribution >= 4 is 5.97 Å². The van der Waals surface area contributed by atoms with Gasteiger partial charge in [0.1, 0.15) is 0 Å². The average molecular weight is 155 g/mol. The highest BCUT2D eigenvalue weighted by Gasteiger charge is 2.50. The van der Waals surface area contributed by atoms with Crippen LogP contribution in [0.15, 0.2) is 0 Å². The number of fused-ring (bicyclic) bond motifs is 2. The summed E-state index contributed by atoms with van der Waals surface area (Å²) in [6, 6.07) is 0.162. The van der Waals surface area contributed by atoms with Gasteiger partial charge >= 0.3 is 5.97 Å². The summed E-state index contributed by atoms with van der Waals surface area (Å²) in [6.45, 7) is 0. The van der Waals surface area contributed by atoms with Crippen molar-refractivity contribution in [2.75, 3.05) is 0 Å². The molecule has 0 aromatic heterocycles. The maximum Gasteiger partial charge on any atom is 0.307 e. The summed E-state index contributed by atoms with van der Waals surface area (Å²) in [5.74, 6) is -0.0968. The fourth-order valence-corrected chi connectivity index (χ4v) is 2.77. The lowest BCUT2D eigenvalue weighted by molar-refractivity contribution is -0.143. The smallest absolute Gasteiger partial charge is 0.307 e. The molecule has 0 radical (unpaired) electrons. The zero-order valence-corrected chi connectivity index (χ0v) is 6.36. The SMILES string of the molecule is N[C@@H]1C[C@H]2CC[C@@H]1[C@@H]2C(=O)O. The number of carboxylic acid groups (broad SMARTS) is 1. The highest BCUT2D eigenvalue weighted by molar-refractivity contribution is 5.72. The van der Waals surface area contributed by atoms with Gasteiger partial charge < -0.3 is 10.8 Å². The van der Waals surface area contributed by atoms with Crippen LogP contribution in [0.5, 0.6) is 0 Å². The molecule has 0 aromatic carbocycles. The molecular formula is C8H13NO2. The molecule has 0 aliphatic heterocycles. The van der Waals surface area contributed by atoms with Crippen LogP contribution >= 0.6 is 0 Å². The van der Waals surface area contributed by atoms with E-state index in [9.17, 15) is 4.79 Å². The first kappa shape index (κ1) is 7.10. The van der Waals surface area contributed by atoms with Crippen molar-refractivity contribution in [3.63, 3.8) is 0 Å². The number of carboxylic acids is 1. The third-order valence-corrected chi connectivity index (χ3v) is 3.25. The number of rotatable bonds is 1. The first-order chi connectivity index (χ1) is 5.20. The Balaban J connectivity index is 2.19. The minimum Gasteiger partial charge on any atom is -0.481 e. The number of aliphatic carboxylic acids is 1. The lowest BCUT2D eigenvalue weighted by Gasteiger charge is -2.15. The van der Waals surface area contributed by atoms with Gasteiger partial charge in [0.05, 0.1) is 5.92 Å². The average Bonchev–Trinajstić information content (AvgIpc) is 2.41. The topological polar surface area (TPSA) is 63.3 Å². The highest BCUT2D eigenvalue weighted by atomic mass is 16.4. The van der Waals surface area contributed by atoms with Crippen molar-refractivity contribution < 1.29 is 9.90 Å². The van der Waals surface area contributed by atoms with E-state index < -0.39 is 5.97 Å². The number of hydrogen-bond acceptors (Lipinski definition) is 2. The van der Waals surface area contributed by atoms with Crippen LogP contribution in [-0.4, -0.2) is 17.1 Å². The molecule has 4 atom stereocenters. The molecule has 2 aliphatic carbocycles. The molecule has 2 saturated carbocycles. The van der Waals surface area contributed by atoms with E-state index in [2.05, 4.69) is 0 Å². The van der Waals surface area contributed by atoms with E-state index in [1.54, 1.807) is 0 Å². The Hall–Kier alpha value is -0.570. The van der Waals surface area contributed by atoms with Crippen molar-refractivity contribution in [2.24, 2.45) is 23.5 Å². The molecule has 62 valence electrons. The van der Waals surface area contributed by atoms with Crippen molar-refractivity contribution in [1.82, 2.24) is 0 Å². The molecule has 2 fully saturated rings. The van der Waals surface area contributed by atoms with Crippen molar-refractivity contribution in [2.45, 2.75) is 25.3 Å². The zero-order chi connectivity index (χ0) is 8.01. The Morgan fingerprint density at radius 2 is 2.18 bits per heavy atom. The minimum atomic E-state index is -0.634. The lowest BCUT2D eigenvalue weighted by atomic mass is 9.95. The number of hydrogen-bond donors (Lipinski definition) is 2. The first-order valence-corrected chi connectivity index (χ1v) is 4.18. The number of nitrogens with two attached hydrogens (primary N) is 1. The third kappa shape index (κ3) is 0.872. The molecular weight excluding hydrogens is 142 g/mol. The summed E-state index contributed by atoms with van der Waals surface area (Å²) in [4.78, 5) is 10.8. The van der Waals surface area contributed by atoms with E-state index in [-0.39, 0.29) is 17.9 Å². The van der Waals surface area contributed by atoms with Crippen LogP contribution in [0.1, 0.15) is 19.3 Å². The monoisotopic (exact) mass is 155 g/mol. The van der Waals surface area contributed by atoms with Crippen molar-refractivity contribution in [1.29, 1.82) is 0 Å². The van der Waals surface area contributed by atoms with E-state index in [1.165, 1.54) is 0 Å². The fourth-order valence-electron chi connectivity index (χ4n) is 2.77. The van der Waals surface area contributed by atoms with Gasteiger partial charge in [-0.3, -0.25) is 4.79 Å². The van der Waals surface area contributed by atoms with Crippen molar-refractivity contribution in [3.05, 3.63) is 0 Å². The summed E-state index contributed by atoms with van der Waals surface area (Å²) < 4.78 is 0. The van der Waals surface area contributed by atoms with E-state index in [0.717, 1.165) is 19.3 Å². The second-order valence-corrected chi connectivity index (χ2v) is 3.76. The van der Waals surface area contributed by atoms with E-state index in [1.807, 2.05) is 0 Å². The van der Waals surface area contributed by atoms with Gasteiger partial charge in [-0.25, -0.2) is 0 Å². The van der Waals surface area contributed by atoms with E-state index >= 15 is 0 Å². The highest BCUT2D eigenvalue weighted by Crippen LogP contribution is 2.48. The molecule has 3 N–H and O–H groups in total. The van der Waals surface area contributed by atoms with Gasteiger partial charge in [0.15, 0.2) is 0 Å². The molecule has 2 aliphatic rings. The van der Waals surface area contributed by atoms with Gasteiger partial charge in [-0.1, -0.05) is 0 Å².